The molecule has 0 saturated heterocycles. The number of allylic oxidation sites excluding steroid dienone is 4. The number of hydrogen-bond donors (Lipinski definition) is 2. The standard InChI is InChI=1S/C22H16N2O4S/c1-23-15-17(25)11-7-3-5-9-13(11)19(27)21(15)29-22-16(24-2)18(26)12-8-4-6-10-14(12)20(22)28/h3-10,23-24H,1-2H3. The second kappa shape index (κ2) is 7.18. The molecule has 2 aromatic rings. The van der Waals surface area contributed by atoms with Crippen LogP contribution in [-0.4, -0.2) is 37.2 Å². The van der Waals surface area contributed by atoms with Crippen LogP contribution in [-0.2, 0) is 0 Å². The first kappa shape index (κ1) is 18.9. The van der Waals surface area contributed by atoms with Crippen molar-refractivity contribution in [2.45, 2.75) is 0 Å². The molecule has 0 amide bonds. The summed E-state index contributed by atoms with van der Waals surface area (Å²) in [6.45, 7) is 0. The van der Waals surface area contributed by atoms with Crippen LogP contribution >= 0.6 is 11.8 Å². The zero-order chi connectivity index (χ0) is 20.7. The van der Waals surface area contributed by atoms with Gasteiger partial charge in [0.15, 0.2) is 0 Å². The molecule has 2 aromatic carbocycles. The van der Waals surface area contributed by atoms with Crippen molar-refractivity contribution in [1.82, 2.24) is 10.6 Å². The number of Topliss-reactive ketones (excluding diaryl/α,β-unsaturated/α-hetero) is 4. The second-order valence-electron chi connectivity index (χ2n) is 6.42. The molecule has 6 nitrogen and oxygen atoms in total. The number of carbonyl (C=O) groups excluding carboxylic acids is 4. The molecule has 0 unspecified atom stereocenters. The van der Waals surface area contributed by atoms with E-state index < -0.39 is 0 Å². The fraction of sp³-hybridized carbons (Fsp3) is 0.0909. The molecule has 0 fully saturated rings. The Kier molecular flexibility index (Phi) is 4.68. The zero-order valence-electron chi connectivity index (χ0n) is 15.7. The predicted molar refractivity (Wildman–Crippen MR) is 110 cm³/mol. The fourth-order valence-corrected chi connectivity index (χ4v) is 4.66. The number of fused-ring (bicyclic) bond motifs is 2. The van der Waals surface area contributed by atoms with Crippen molar-refractivity contribution < 1.29 is 19.2 Å². The summed E-state index contributed by atoms with van der Waals surface area (Å²) in [6, 6.07) is 13.1. The molecular weight excluding hydrogens is 388 g/mol. The normalized spacial score (nSPS) is 16.1. The topological polar surface area (TPSA) is 92.3 Å². The van der Waals surface area contributed by atoms with Gasteiger partial charge in [-0.1, -0.05) is 60.3 Å². The molecule has 0 spiro atoms. The van der Waals surface area contributed by atoms with Gasteiger partial charge in [0.2, 0.25) is 23.1 Å². The summed E-state index contributed by atoms with van der Waals surface area (Å²) >= 11 is 0.851. The average molecular weight is 404 g/mol. The van der Waals surface area contributed by atoms with Gasteiger partial charge in [-0.3, -0.25) is 19.2 Å². The van der Waals surface area contributed by atoms with Crippen LogP contribution in [0.5, 0.6) is 0 Å². The van der Waals surface area contributed by atoms with Crippen LogP contribution < -0.4 is 10.6 Å². The maximum absolute atomic E-state index is 13.1. The Morgan fingerprint density at radius 1 is 0.552 bits per heavy atom. The van der Waals surface area contributed by atoms with Crippen molar-refractivity contribution in [1.29, 1.82) is 0 Å². The summed E-state index contributed by atoms with van der Waals surface area (Å²) in [5, 5.41) is 5.58. The first-order chi connectivity index (χ1) is 14.0. The van der Waals surface area contributed by atoms with E-state index in [-0.39, 0.29) is 55.5 Å². The lowest BCUT2D eigenvalue weighted by molar-refractivity contribution is 0.0973. The number of benzene rings is 2. The Balaban J connectivity index is 1.86. The Hall–Kier alpha value is -3.45. The molecule has 0 radical (unpaired) electrons. The van der Waals surface area contributed by atoms with E-state index in [4.69, 9.17) is 0 Å². The Morgan fingerprint density at radius 2 is 0.862 bits per heavy atom. The van der Waals surface area contributed by atoms with Crippen molar-refractivity contribution in [2.24, 2.45) is 0 Å². The number of nitrogens with one attached hydrogen (secondary N) is 2. The van der Waals surface area contributed by atoms with E-state index in [0.29, 0.717) is 11.1 Å². The van der Waals surface area contributed by atoms with Gasteiger partial charge in [-0.05, 0) is 0 Å². The molecule has 0 saturated carbocycles. The van der Waals surface area contributed by atoms with E-state index in [2.05, 4.69) is 10.6 Å². The van der Waals surface area contributed by atoms with Crippen molar-refractivity contribution in [3.63, 3.8) is 0 Å². The first-order valence-corrected chi connectivity index (χ1v) is 9.70. The molecule has 2 aliphatic rings. The van der Waals surface area contributed by atoms with E-state index >= 15 is 0 Å². The number of thioether (sulfide) groups is 1. The highest BCUT2D eigenvalue weighted by molar-refractivity contribution is 8.08. The van der Waals surface area contributed by atoms with Gasteiger partial charge >= 0.3 is 0 Å². The maximum Gasteiger partial charge on any atom is 0.210 e. The minimum Gasteiger partial charge on any atom is -0.384 e. The lowest BCUT2D eigenvalue weighted by Gasteiger charge is -2.24. The number of rotatable bonds is 4. The van der Waals surface area contributed by atoms with Crippen LogP contribution in [0.2, 0.25) is 0 Å². The number of hydrogen-bond acceptors (Lipinski definition) is 7. The third-order valence-corrected chi connectivity index (χ3v) is 6.04. The van der Waals surface area contributed by atoms with E-state index in [1.165, 1.54) is 0 Å². The zero-order valence-corrected chi connectivity index (χ0v) is 16.5. The Morgan fingerprint density at radius 3 is 1.17 bits per heavy atom. The summed E-state index contributed by atoms with van der Waals surface area (Å²) in [5.41, 5.74) is 1.40. The van der Waals surface area contributed by atoms with Crippen LogP contribution in [0.3, 0.4) is 0 Å². The molecule has 2 aliphatic carbocycles. The highest BCUT2D eigenvalue weighted by Gasteiger charge is 2.37. The number of carbonyl (C=O) groups is 4. The van der Waals surface area contributed by atoms with Crippen molar-refractivity contribution >= 4 is 34.9 Å². The van der Waals surface area contributed by atoms with Gasteiger partial charge in [-0.2, -0.15) is 0 Å². The van der Waals surface area contributed by atoms with E-state index in [1.54, 1.807) is 62.6 Å². The molecule has 0 atom stereocenters. The van der Waals surface area contributed by atoms with Crippen LogP contribution in [0.15, 0.2) is 69.7 Å². The quantitative estimate of drug-likeness (QED) is 0.809. The average Bonchev–Trinajstić information content (AvgIpc) is 2.75. The van der Waals surface area contributed by atoms with E-state index in [9.17, 15) is 19.2 Å². The van der Waals surface area contributed by atoms with Gasteiger partial charge in [0, 0.05) is 36.3 Å². The fourth-order valence-electron chi connectivity index (χ4n) is 3.46. The molecular formula is C22H16N2O4S. The highest BCUT2D eigenvalue weighted by Crippen LogP contribution is 2.40. The third kappa shape index (κ3) is 2.82. The molecule has 4 rings (SSSR count). The van der Waals surface area contributed by atoms with Crippen LogP contribution in [0, 0.1) is 0 Å². The maximum atomic E-state index is 13.1. The summed E-state index contributed by atoms with van der Waals surface area (Å²) in [7, 11) is 3.09. The van der Waals surface area contributed by atoms with Crippen LogP contribution in [0.1, 0.15) is 41.4 Å². The molecule has 2 N–H and O–H groups in total. The predicted octanol–water partition coefficient (Wildman–Crippen LogP) is 2.74. The third-order valence-electron chi connectivity index (χ3n) is 4.86. The number of ketones is 4. The van der Waals surface area contributed by atoms with Gasteiger partial charge in [0.1, 0.15) is 11.4 Å². The molecule has 144 valence electrons. The minimum absolute atomic E-state index is 0.0967. The molecule has 7 heteroatoms. The first-order valence-electron chi connectivity index (χ1n) is 8.88. The lowest BCUT2D eigenvalue weighted by atomic mass is 9.92. The molecule has 0 bridgehead atoms. The molecule has 0 aromatic heterocycles. The Bertz CT molecular complexity index is 1090. The van der Waals surface area contributed by atoms with Gasteiger partial charge in [-0.15, -0.1) is 0 Å². The summed E-state index contributed by atoms with van der Waals surface area (Å²) < 4.78 is 0. The van der Waals surface area contributed by atoms with E-state index in [0.717, 1.165) is 11.8 Å². The van der Waals surface area contributed by atoms with Crippen LogP contribution in [0.25, 0.3) is 0 Å². The monoisotopic (exact) mass is 404 g/mol. The summed E-state index contributed by atoms with van der Waals surface area (Å²) in [5.74, 6) is -1.38. The lowest BCUT2D eigenvalue weighted by Crippen LogP contribution is -2.30. The largest absolute Gasteiger partial charge is 0.384 e. The van der Waals surface area contributed by atoms with Gasteiger partial charge in [-0.25, -0.2) is 0 Å². The van der Waals surface area contributed by atoms with Gasteiger partial charge in [0.05, 0.1) is 9.81 Å². The molecule has 0 aliphatic heterocycles. The van der Waals surface area contributed by atoms with Crippen molar-refractivity contribution in [2.75, 3.05) is 14.1 Å². The molecule has 0 heterocycles. The summed E-state index contributed by atoms with van der Waals surface area (Å²) in [6.07, 6.45) is 0. The second-order valence-corrected chi connectivity index (χ2v) is 7.44. The summed E-state index contributed by atoms with van der Waals surface area (Å²) in [4.78, 5) is 52.2. The minimum atomic E-state index is -0.364. The number of likely N-dealkylation sites (N-methyl/N-ethyl adjacent to an activating group) is 2. The molecule has 29 heavy (non-hydrogen) atoms. The highest BCUT2D eigenvalue weighted by atomic mass is 32.2. The Labute approximate surface area is 171 Å². The van der Waals surface area contributed by atoms with Crippen LogP contribution in [0.4, 0.5) is 0 Å². The van der Waals surface area contributed by atoms with E-state index in [1.807, 2.05) is 0 Å². The van der Waals surface area contributed by atoms with Gasteiger partial charge < -0.3 is 10.6 Å². The smallest absolute Gasteiger partial charge is 0.210 e. The van der Waals surface area contributed by atoms with Crippen molar-refractivity contribution in [3.05, 3.63) is 92.0 Å². The SMILES string of the molecule is CNC1=C(SC2=C(NC)C(=O)c3ccccc3C2=O)C(=O)c2ccccc2C1=O. The van der Waals surface area contributed by atoms with Crippen molar-refractivity contribution in [3.8, 4) is 0 Å². The van der Waals surface area contributed by atoms with Gasteiger partial charge in [0.25, 0.3) is 0 Å².